The summed E-state index contributed by atoms with van der Waals surface area (Å²) in [5, 5.41) is 0. The third-order valence-corrected chi connectivity index (χ3v) is 2.09. The zero-order chi connectivity index (χ0) is 8.55. The van der Waals surface area contributed by atoms with Gasteiger partial charge in [0, 0.05) is 35.5 Å². The van der Waals surface area contributed by atoms with E-state index in [-0.39, 0.29) is 23.1 Å². The summed E-state index contributed by atoms with van der Waals surface area (Å²) in [7, 11) is 0. The average Bonchev–Trinajstić information content (AvgIpc) is 2.12. The molecule has 63 valence electrons. The highest BCUT2D eigenvalue weighted by molar-refractivity contribution is 6.02. The number of carbonyl (C=O) groups is 1. The van der Waals surface area contributed by atoms with Crippen molar-refractivity contribution in [3.8, 4) is 0 Å². The van der Waals surface area contributed by atoms with E-state index in [4.69, 9.17) is 0 Å². The van der Waals surface area contributed by atoms with Gasteiger partial charge in [0.15, 0.2) is 5.78 Å². The molecule has 3 radical (unpaired) electrons. The molecular weight excluding hydrogens is 177 g/mol. The summed E-state index contributed by atoms with van der Waals surface area (Å²) in [5.41, 5.74) is 2.75. The third-order valence-electron chi connectivity index (χ3n) is 2.09. The van der Waals surface area contributed by atoms with Gasteiger partial charge in [-0.1, -0.05) is 12.1 Å². The SMILES string of the molecule is CC1=CCC(=O)c2ncccc21.[Al]. The van der Waals surface area contributed by atoms with Crippen molar-refractivity contribution in [3.63, 3.8) is 0 Å². The quantitative estimate of drug-likeness (QED) is 0.577. The normalized spacial score (nSPS) is 14.2. The molecule has 0 amide bonds. The molecule has 0 fully saturated rings. The van der Waals surface area contributed by atoms with Gasteiger partial charge in [0.25, 0.3) is 0 Å². The summed E-state index contributed by atoms with van der Waals surface area (Å²) >= 11 is 0. The first-order valence-electron chi connectivity index (χ1n) is 3.94. The lowest BCUT2D eigenvalue weighted by Crippen LogP contribution is -2.08. The Morgan fingerprint density at radius 3 is 2.92 bits per heavy atom. The van der Waals surface area contributed by atoms with Gasteiger partial charge in [-0.25, -0.2) is 0 Å². The first-order chi connectivity index (χ1) is 5.79. The monoisotopic (exact) mass is 186 g/mol. The highest BCUT2D eigenvalue weighted by Gasteiger charge is 2.16. The van der Waals surface area contributed by atoms with Crippen LogP contribution in [0.3, 0.4) is 0 Å². The number of ketones is 1. The number of carbonyl (C=O) groups excluding carboxylic acids is 1. The minimum Gasteiger partial charge on any atom is -0.292 e. The van der Waals surface area contributed by atoms with E-state index in [2.05, 4.69) is 4.98 Å². The molecule has 0 aromatic carbocycles. The number of Topliss-reactive ketones (excluding diaryl/α,β-unsaturated/α-hetero) is 1. The van der Waals surface area contributed by atoms with Crippen LogP contribution in [0.1, 0.15) is 29.4 Å². The molecule has 0 N–H and O–H groups in total. The molecule has 1 aliphatic carbocycles. The van der Waals surface area contributed by atoms with E-state index in [9.17, 15) is 4.79 Å². The van der Waals surface area contributed by atoms with Crippen molar-refractivity contribution in [1.29, 1.82) is 0 Å². The second-order valence-electron chi connectivity index (χ2n) is 2.91. The number of fused-ring (bicyclic) bond motifs is 1. The van der Waals surface area contributed by atoms with E-state index < -0.39 is 0 Å². The zero-order valence-corrected chi connectivity index (χ0v) is 8.60. The van der Waals surface area contributed by atoms with Crippen LogP contribution in [0.2, 0.25) is 0 Å². The van der Waals surface area contributed by atoms with Gasteiger partial charge in [0.2, 0.25) is 0 Å². The smallest absolute Gasteiger partial charge is 0.185 e. The molecule has 13 heavy (non-hydrogen) atoms. The summed E-state index contributed by atoms with van der Waals surface area (Å²) in [6.07, 6.45) is 4.11. The second-order valence-corrected chi connectivity index (χ2v) is 2.91. The Morgan fingerprint density at radius 2 is 2.23 bits per heavy atom. The van der Waals surface area contributed by atoms with Crippen molar-refractivity contribution < 1.29 is 4.79 Å². The molecule has 1 aromatic rings. The summed E-state index contributed by atoms with van der Waals surface area (Å²) in [6.45, 7) is 2.01. The summed E-state index contributed by atoms with van der Waals surface area (Å²) in [4.78, 5) is 15.4. The van der Waals surface area contributed by atoms with Crippen LogP contribution in [-0.4, -0.2) is 28.1 Å². The molecule has 3 heteroatoms. The molecule has 0 bridgehead atoms. The third kappa shape index (κ3) is 1.72. The number of hydrogen-bond acceptors (Lipinski definition) is 2. The lowest BCUT2D eigenvalue weighted by atomic mass is 9.95. The molecule has 0 saturated carbocycles. The fourth-order valence-corrected chi connectivity index (χ4v) is 1.40. The molecule has 1 aromatic heterocycles. The maximum absolute atomic E-state index is 11.3. The van der Waals surface area contributed by atoms with E-state index in [1.807, 2.05) is 25.1 Å². The lowest BCUT2D eigenvalue weighted by Gasteiger charge is -2.11. The van der Waals surface area contributed by atoms with Crippen molar-refractivity contribution in [2.45, 2.75) is 13.3 Å². The summed E-state index contributed by atoms with van der Waals surface area (Å²) in [5.74, 6) is 0.121. The minimum absolute atomic E-state index is 0. The fourth-order valence-electron chi connectivity index (χ4n) is 1.40. The van der Waals surface area contributed by atoms with E-state index in [0.717, 1.165) is 11.1 Å². The van der Waals surface area contributed by atoms with Crippen LogP contribution < -0.4 is 0 Å². The van der Waals surface area contributed by atoms with Crippen molar-refractivity contribution in [2.24, 2.45) is 0 Å². The molecule has 0 spiro atoms. The Hall–Kier alpha value is -0.908. The minimum atomic E-state index is 0. The Labute approximate surface area is 87.8 Å². The fraction of sp³-hybridized carbons (Fsp3) is 0.200. The van der Waals surface area contributed by atoms with Gasteiger partial charge >= 0.3 is 0 Å². The molecule has 0 atom stereocenters. The molecule has 0 saturated heterocycles. The van der Waals surface area contributed by atoms with E-state index >= 15 is 0 Å². The predicted octanol–water partition coefficient (Wildman–Crippen LogP) is 1.69. The van der Waals surface area contributed by atoms with Crippen molar-refractivity contribution in [3.05, 3.63) is 35.7 Å². The highest BCUT2D eigenvalue weighted by Crippen LogP contribution is 2.23. The van der Waals surface area contributed by atoms with Crippen LogP contribution in [0.25, 0.3) is 5.57 Å². The molecular formula is C10H9AlNO. The average molecular weight is 186 g/mol. The zero-order valence-electron chi connectivity index (χ0n) is 7.45. The molecule has 0 unspecified atom stereocenters. The standard InChI is InChI=1S/C10H9NO.Al/c1-7-4-5-9(12)10-8(7)3-2-6-11-10;/h2-4,6H,5H2,1H3;. The maximum atomic E-state index is 11.3. The topological polar surface area (TPSA) is 30.0 Å². The molecule has 0 aliphatic heterocycles. The molecule has 2 rings (SSSR count). The first-order valence-corrected chi connectivity index (χ1v) is 3.94. The van der Waals surface area contributed by atoms with Crippen LogP contribution in [0.4, 0.5) is 0 Å². The van der Waals surface area contributed by atoms with Crippen molar-refractivity contribution >= 4 is 28.7 Å². The number of allylic oxidation sites excluding steroid dienone is 2. The van der Waals surface area contributed by atoms with Gasteiger partial charge in [-0.2, -0.15) is 0 Å². The van der Waals surface area contributed by atoms with Crippen LogP contribution in [0, 0.1) is 0 Å². The Balaban J connectivity index is 0.000000845. The summed E-state index contributed by atoms with van der Waals surface area (Å²) < 4.78 is 0. The van der Waals surface area contributed by atoms with Crippen LogP contribution in [0.5, 0.6) is 0 Å². The molecule has 1 heterocycles. The van der Waals surface area contributed by atoms with Crippen LogP contribution in [0.15, 0.2) is 24.4 Å². The van der Waals surface area contributed by atoms with E-state index in [0.29, 0.717) is 12.1 Å². The Morgan fingerprint density at radius 1 is 1.46 bits per heavy atom. The number of aromatic nitrogens is 1. The number of nitrogens with zero attached hydrogens (tertiary/aromatic N) is 1. The number of pyridine rings is 1. The number of hydrogen-bond donors (Lipinski definition) is 0. The van der Waals surface area contributed by atoms with E-state index in [1.54, 1.807) is 6.20 Å². The Bertz CT molecular complexity index is 371. The van der Waals surface area contributed by atoms with Gasteiger partial charge in [-0.05, 0) is 18.6 Å². The lowest BCUT2D eigenvalue weighted by molar-refractivity contribution is 0.0989. The molecule has 2 nitrogen and oxygen atoms in total. The van der Waals surface area contributed by atoms with Gasteiger partial charge < -0.3 is 0 Å². The number of rotatable bonds is 0. The second kappa shape index (κ2) is 3.87. The van der Waals surface area contributed by atoms with Crippen LogP contribution in [-0.2, 0) is 0 Å². The largest absolute Gasteiger partial charge is 0.292 e. The van der Waals surface area contributed by atoms with Gasteiger partial charge in [-0.3, -0.25) is 9.78 Å². The first kappa shape index (κ1) is 10.2. The maximum Gasteiger partial charge on any atom is 0.185 e. The van der Waals surface area contributed by atoms with E-state index in [1.165, 1.54) is 0 Å². The van der Waals surface area contributed by atoms with Gasteiger partial charge in [0.05, 0.1) is 0 Å². The van der Waals surface area contributed by atoms with Crippen LogP contribution >= 0.6 is 0 Å². The highest BCUT2D eigenvalue weighted by atomic mass is 27.0. The van der Waals surface area contributed by atoms with Crippen molar-refractivity contribution in [2.75, 3.05) is 0 Å². The summed E-state index contributed by atoms with van der Waals surface area (Å²) in [6, 6.07) is 3.79. The molecule has 1 aliphatic rings. The van der Waals surface area contributed by atoms with Gasteiger partial charge in [0.1, 0.15) is 5.69 Å². The van der Waals surface area contributed by atoms with Crippen molar-refractivity contribution in [1.82, 2.24) is 4.98 Å². The predicted molar refractivity (Wildman–Crippen MR) is 52.6 cm³/mol. The Kier molecular flexibility index (Phi) is 3.03. The van der Waals surface area contributed by atoms with Gasteiger partial charge in [-0.15, -0.1) is 0 Å².